The van der Waals surface area contributed by atoms with Crippen molar-refractivity contribution in [2.45, 2.75) is 64.1 Å². The van der Waals surface area contributed by atoms with E-state index in [4.69, 9.17) is 0 Å². The Morgan fingerprint density at radius 2 is 1.92 bits per heavy atom. The molecule has 0 amide bonds. The second-order valence-electron chi connectivity index (χ2n) is 8.10. The lowest BCUT2D eigenvalue weighted by atomic mass is 9.91. The van der Waals surface area contributed by atoms with E-state index in [1.165, 1.54) is 36.8 Å². The first-order valence-electron chi connectivity index (χ1n) is 9.67. The topological polar surface area (TPSA) is 61.3 Å². The summed E-state index contributed by atoms with van der Waals surface area (Å²) < 4.78 is 0. The molecular formula is C21H28N4O. The summed E-state index contributed by atoms with van der Waals surface area (Å²) in [6.07, 6.45) is 7.73. The normalized spacial score (nSPS) is 18.0. The number of aliphatic hydroxyl groups is 1. The summed E-state index contributed by atoms with van der Waals surface area (Å²) in [5, 5.41) is 13.8. The number of aromatic nitrogens is 2. The number of anilines is 2. The van der Waals surface area contributed by atoms with Crippen LogP contribution in [0.2, 0.25) is 0 Å². The Morgan fingerprint density at radius 3 is 2.69 bits per heavy atom. The standard InChI is InChI=1S/C21H28N4O/c1-21(2,26)17-8-7-16-13-25(10-9-15(16)11-17)20-12-19(22-14-23-20)24-18-5-3-4-6-18/h7-8,11-12,14,18,26H,3-6,9-10,13H2,1-2H3,(H,22,23,24). The molecule has 1 aliphatic carbocycles. The molecule has 1 saturated carbocycles. The number of rotatable bonds is 4. The number of hydrogen-bond donors (Lipinski definition) is 2. The van der Waals surface area contributed by atoms with Crippen LogP contribution < -0.4 is 10.2 Å². The van der Waals surface area contributed by atoms with Gasteiger partial charge in [0.25, 0.3) is 0 Å². The van der Waals surface area contributed by atoms with Gasteiger partial charge in [-0.1, -0.05) is 31.0 Å². The van der Waals surface area contributed by atoms with Crippen molar-refractivity contribution in [2.75, 3.05) is 16.8 Å². The first-order valence-corrected chi connectivity index (χ1v) is 9.67. The first-order chi connectivity index (χ1) is 12.5. The molecule has 5 nitrogen and oxygen atoms in total. The summed E-state index contributed by atoms with van der Waals surface area (Å²) in [5.41, 5.74) is 2.83. The minimum absolute atomic E-state index is 0.556. The Kier molecular flexibility index (Phi) is 4.57. The van der Waals surface area contributed by atoms with Gasteiger partial charge >= 0.3 is 0 Å². The molecule has 2 N–H and O–H groups in total. The molecule has 2 heterocycles. The summed E-state index contributed by atoms with van der Waals surface area (Å²) in [7, 11) is 0. The number of nitrogens with zero attached hydrogens (tertiary/aromatic N) is 3. The van der Waals surface area contributed by atoms with Crippen molar-refractivity contribution < 1.29 is 5.11 Å². The predicted octanol–water partition coefficient (Wildman–Crippen LogP) is 3.62. The third-order valence-corrected chi connectivity index (χ3v) is 5.61. The minimum atomic E-state index is -0.792. The fraction of sp³-hybridized carbons (Fsp3) is 0.524. The van der Waals surface area contributed by atoms with E-state index in [1.54, 1.807) is 6.33 Å². The van der Waals surface area contributed by atoms with Gasteiger partial charge < -0.3 is 15.3 Å². The van der Waals surface area contributed by atoms with E-state index in [0.717, 1.165) is 36.7 Å². The largest absolute Gasteiger partial charge is 0.386 e. The Bertz CT molecular complexity index is 778. The lowest BCUT2D eigenvalue weighted by Gasteiger charge is -2.31. The highest BCUT2D eigenvalue weighted by molar-refractivity contribution is 5.51. The van der Waals surface area contributed by atoms with Crippen LogP contribution in [0.25, 0.3) is 0 Å². The van der Waals surface area contributed by atoms with Gasteiger partial charge in [-0.05, 0) is 49.8 Å². The van der Waals surface area contributed by atoms with Gasteiger partial charge in [-0.15, -0.1) is 0 Å². The molecule has 2 aliphatic rings. The number of hydrogen-bond acceptors (Lipinski definition) is 5. The van der Waals surface area contributed by atoms with Crippen LogP contribution in [0.3, 0.4) is 0 Å². The van der Waals surface area contributed by atoms with Crippen molar-refractivity contribution in [1.29, 1.82) is 0 Å². The predicted molar refractivity (Wildman–Crippen MR) is 104 cm³/mol. The third kappa shape index (κ3) is 3.68. The second-order valence-corrected chi connectivity index (χ2v) is 8.10. The molecule has 1 aromatic heterocycles. The Labute approximate surface area is 155 Å². The van der Waals surface area contributed by atoms with Crippen LogP contribution >= 0.6 is 0 Å². The Balaban J connectivity index is 1.50. The van der Waals surface area contributed by atoms with Gasteiger partial charge in [-0.3, -0.25) is 0 Å². The SMILES string of the molecule is CC(C)(O)c1ccc2c(c1)CCN(c1cc(NC3CCCC3)ncn1)C2. The van der Waals surface area contributed by atoms with E-state index in [9.17, 15) is 5.11 Å². The lowest BCUT2D eigenvalue weighted by molar-refractivity contribution is 0.0785. The summed E-state index contributed by atoms with van der Waals surface area (Å²) >= 11 is 0. The number of nitrogens with one attached hydrogen (secondary N) is 1. The van der Waals surface area contributed by atoms with Crippen molar-refractivity contribution in [3.8, 4) is 0 Å². The highest BCUT2D eigenvalue weighted by Crippen LogP contribution is 2.29. The molecule has 0 atom stereocenters. The number of fused-ring (bicyclic) bond motifs is 1. The molecule has 1 aromatic carbocycles. The molecule has 5 heteroatoms. The average Bonchev–Trinajstić information content (AvgIpc) is 3.13. The smallest absolute Gasteiger partial charge is 0.134 e. The van der Waals surface area contributed by atoms with E-state index in [0.29, 0.717) is 6.04 Å². The van der Waals surface area contributed by atoms with Gasteiger partial charge in [0, 0.05) is 25.2 Å². The Morgan fingerprint density at radius 1 is 1.12 bits per heavy atom. The van der Waals surface area contributed by atoms with Crippen molar-refractivity contribution >= 4 is 11.6 Å². The van der Waals surface area contributed by atoms with Crippen LogP contribution in [0, 0.1) is 0 Å². The summed E-state index contributed by atoms with van der Waals surface area (Å²) in [4.78, 5) is 11.2. The van der Waals surface area contributed by atoms with Gasteiger partial charge in [0.2, 0.25) is 0 Å². The fourth-order valence-electron chi connectivity index (χ4n) is 4.01. The molecule has 4 rings (SSSR count). The molecule has 0 unspecified atom stereocenters. The quantitative estimate of drug-likeness (QED) is 0.880. The van der Waals surface area contributed by atoms with E-state index >= 15 is 0 Å². The van der Waals surface area contributed by atoms with Gasteiger partial charge in [-0.25, -0.2) is 9.97 Å². The van der Waals surface area contributed by atoms with E-state index < -0.39 is 5.60 Å². The van der Waals surface area contributed by atoms with Crippen LogP contribution in [-0.2, 0) is 18.6 Å². The maximum absolute atomic E-state index is 10.2. The van der Waals surface area contributed by atoms with Crippen LogP contribution in [0.5, 0.6) is 0 Å². The van der Waals surface area contributed by atoms with E-state index in [1.807, 2.05) is 19.9 Å². The molecule has 2 aromatic rings. The van der Waals surface area contributed by atoms with Gasteiger partial charge in [0.1, 0.15) is 18.0 Å². The Hall–Kier alpha value is -2.14. The zero-order valence-corrected chi connectivity index (χ0v) is 15.7. The molecule has 0 spiro atoms. The molecule has 26 heavy (non-hydrogen) atoms. The van der Waals surface area contributed by atoms with Crippen LogP contribution in [0.4, 0.5) is 11.6 Å². The summed E-state index contributed by atoms with van der Waals surface area (Å²) in [5.74, 6) is 1.92. The maximum atomic E-state index is 10.2. The zero-order chi connectivity index (χ0) is 18.1. The summed E-state index contributed by atoms with van der Waals surface area (Å²) in [6, 6.07) is 8.97. The van der Waals surface area contributed by atoms with Gasteiger partial charge in [0.05, 0.1) is 5.60 Å². The van der Waals surface area contributed by atoms with Gasteiger partial charge in [0.15, 0.2) is 0 Å². The van der Waals surface area contributed by atoms with E-state index in [-0.39, 0.29) is 0 Å². The molecule has 1 fully saturated rings. The molecule has 0 saturated heterocycles. The lowest BCUT2D eigenvalue weighted by Crippen LogP contribution is -2.31. The first kappa shape index (κ1) is 17.3. The second kappa shape index (κ2) is 6.88. The molecule has 138 valence electrons. The van der Waals surface area contributed by atoms with Crippen molar-refractivity contribution in [2.24, 2.45) is 0 Å². The average molecular weight is 352 g/mol. The monoisotopic (exact) mass is 352 g/mol. The van der Waals surface area contributed by atoms with Crippen LogP contribution in [0.15, 0.2) is 30.6 Å². The molecule has 0 radical (unpaired) electrons. The summed E-state index contributed by atoms with van der Waals surface area (Å²) in [6.45, 7) is 5.46. The molecule has 0 bridgehead atoms. The highest BCUT2D eigenvalue weighted by Gasteiger charge is 2.22. The van der Waals surface area contributed by atoms with Crippen molar-refractivity contribution in [1.82, 2.24) is 9.97 Å². The fourth-order valence-corrected chi connectivity index (χ4v) is 4.01. The third-order valence-electron chi connectivity index (χ3n) is 5.61. The van der Waals surface area contributed by atoms with Crippen LogP contribution in [0.1, 0.15) is 56.2 Å². The van der Waals surface area contributed by atoms with Crippen LogP contribution in [-0.4, -0.2) is 27.7 Å². The van der Waals surface area contributed by atoms with Crippen molar-refractivity contribution in [3.63, 3.8) is 0 Å². The zero-order valence-electron chi connectivity index (χ0n) is 15.7. The van der Waals surface area contributed by atoms with Gasteiger partial charge in [-0.2, -0.15) is 0 Å². The maximum Gasteiger partial charge on any atom is 0.134 e. The highest BCUT2D eigenvalue weighted by atomic mass is 16.3. The van der Waals surface area contributed by atoms with E-state index in [2.05, 4.69) is 38.4 Å². The number of benzene rings is 1. The molecular weight excluding hydrogens is 324 g/mol. The molecule has 1 aliphatic heterocycles. The van der Waals surface area contributed by atoms with Crippen molar-refractivity contribution in [3.05, 3.63) is 47.3 Å². The minimum Gasteiger partial charge on any atom is -0.386 e.